The molecule has 0 spiro atoms. The molecule has 0 saturated heterocycles. The zero-order valence-electron chi connectivity index (χ0n) is 20.1. The number of rotatable bonds is 2. The maximum absolute atomic E-state index is 10.9. The van der Waals surface area contributed by atoms with Crippen LogP contribution in [0.3, 0.4) is 0 Å². The predicted molar refractivity (Wildman–Crippen MR) is 147 cm³/mol. The van der Waals surface area contributed by atoms with Gasteiger partial charge in [0.05, 0.1) is 11.1 Å². The maximum Gasteiger partial charge on any atom is 0.228 e. The molecule has 180 valence electrons. The van der Waals surface area contributed by atoms with Crippen molar-refractivity contribution >= 4 is 27.2 Å². The van der Waals surface area contributed by atoms with Crippen LogP contribution in [0.15, 0.2) is 109 Å². The standard InChI is InChI=1S/C32H20N4O2/c37-26-17-22-12-5-4-11-21(22)16-25(26)30-34-31-28-27(20-9-2-1-3-10-20)24-15-14-19-8-6-7-13-23(19)29(24)38-32(28)33-18-36(31)35-30/h1-18,27,37H/t27-/m0/s1. The average molecular weight is 493 g/mol. The molecule has 2 aromatic heterocycles. The van der Waals surface area contributed by atoms with Gasteiger partial charge in [-0.25, -0.2) is 14.5 Å². The van der Waals surface area contributed by atoms with E-state index >= 15 is 0 Å². The summed E-state index contributed by atoms with van der Waals surface area (Å²) in [5.74, 6) is 1.73. The van der Waals surface area contributed by atoms with Crippen LogP contribution in [0.1, 0.15) is 22.6 Å². The second kappa shape index (κ2) is 7.88. The van der Waals surface area contributed by atoms with Crippen LogP contribution >= 0.6 is 0 Å². The molecule has 0 unspecified atom stereocenters. The molecule has 6 nitrogen and oxygen atoms in total. The van der Waals surface area contributed by atoms with Gasteiger partial charge in [-0.05, 0) is 33.9 Å². The molecule has 38 heavy (non-hydrogen) atoms. The van der Waals surface area contributed by atoms with Gasteiger partial charge >= 0.3 is 0 Å². The third-order valence-electron chi connectivity index (χ3n) is 7.33. The number of ether oxygens (including phenoxy) is 1. The summed E-state index contributed by atoms with van der Waals surface area (Å²) in [7, 11) is 0. The van der Waals surface area contributed by atoms with Gasteiger partial charge in [0, 0.05) is 16.9 Å². The fourth-order valence-corrected chi connectivity index (χ4v) is 5.56. The lowest BCUT2D eigenvalue weighted by molar-refractivity contribution is 0.437. The summed E-state index contributed by atoms with van der Waals surface area (Å²) in [5.41, 5.74) is 4.23. The average Bonchev–Trinajstić information content (AvgIpc) is 3.40. The molecule has 0 fully saturated rings. The van der Waals surface area contributed by atoms with Crippen molar-refractivity contribution in [1.29, 1.82) is 0 Å². The van der Waals surface area contributed by atoms with Crippen LogP contribution in [-0.2, 0) is 0 Å². The number of benzene rings is 5. The van der Waals surface area contributed by atoms with Gasteiger partial charge in [0.2, 0.25) is 5.88 Å². The topological polar surface area (TPSA) is 72.5 Å². The molecule has 8 rings (SSSR count). The lowest BCUT2D eigenvalue weighted by Gasteiger charge is -2.28. The fraction of sp³-hybridized carbons (Fsp3) is 0.0312. The molecule has 1 atom stereocenters. The zero-order valence-corrected chi connectivity index (χ0v) is 20.1. The van der Waals surface area contributed by atoms with Crippen LogP contribution in [0.2, 0.25) is 0 Å². The first-order valence-corrected chi connectivity index (χ1v) is 12.5. The largest absolute Gasteiger partial charge is 0.507 e. The lowest BCUT2D eigenvalue weighted by Crippen LogP contribution is -2.15. The van der Waals surface area contributed by atoms with Gasteiger partial charge in [0.25, 0.3) is 0 Å². The van der Waals surface area contributed by atoms with Crippen molar-refractivity contribution in [1.82, 2.24) is 19.6 Å². The number of phenolic OH excluding ortho intramolecular Hbond substituents is 1. The van der Waals surface area contributed by atoms with E-state index in [0.29, 0.717) is 22.9 Å². The fourth-order valence-electron chi connectivity index (χ4n) is 5.56. The van der Waals surface area contributed by atoms with E-state index in [2.05, 4.69) is 41.4 Å². The first-order chi connectivity index (χ1) is 18.7. The Kier molecular flexibility index (Phi) is 4.34. The Balaban J connectivity index is 1.39. The highest BCUT2D eigenvalue weighted by Crippen LogP contribution is 2.50. The number of nitrogens with zero attached hydrogens (tertiary/aromatic N) is 4. The lowest BCUT2D eigenvalue weighted by atomic mass is 9.83. The number of fused-ring (bicyclic) bond motifs is 7. The van der Waals surface area contributed by atoms with Crippen molar-refractivity contribution < 1.29 is 9.84 Å². The van der Waals surface area contributed by atoms with Gasteiger partial charge in [0.15, 0.2) is 11.5 Å². The minimum Gasteiger partial charge on any atom is -0.507 e. The Bertz CT molecular complexity index is 2030. The molecule has 3 heterocycles. The minimum atomic E-state index is -0.155. The third-order valence-corrected chi connectivity index (χ3v) is 7.33. The van der Waals surface area contributed by atoms with Crippen LogP contribution in [0.5, 0.6) is 17.4 Å². The van der Waals surface area contributed by atoms with Crippen LogP contribution < -0.4 is 4.74 Å². The van der Waals surface area contributed by atoms with Gasteiger partial charge in [0.1, 0.15) is 17.8 Å². The highest BCUT2D eigenvalue weighted by molar-refractivity contribution is 5.92. The smallest absolute Gasteiger partial charge is 0.228 e. The summed E-state index contributed by atoms with van der Waals surface area (Å²) < 4.78 is 8.18. The van der Waals surface area contributed by atoms with Crippen LogP contribution in [0.25, 0.3) is 38.6 Å². The monoisotopic (exact) mass is 492 g/mol. The number of aromatic nitrogens is 4. The van der Waals surface area contributed by atoms with E-state index in [1.807, 2.05) is 60.7 Å². The van der Waals surface area contributed by atoms with E-state index < -0.39 is 0 Å². The maximum atomic E-state index is 10.9. The van der Waals surface area contributed by atoms with E-state index in [-0.39, 0.29) is 11.7 Å². The summed E-state index contributed by atoms with van der Waals surface area (Å²) in [6, 6.07) is 34.4. The quantitative estimate of drug-likeness (QED) is 0.279. The second-order valence-corrected chi connectivity index (χ2v) is 9.53. The SMILES string of the molecule is Oc1cc2ccccc2cc1-c1nc2c3c(ncn2n1)Oc1c(ccc2ccccc12)[C@@H]3c1ccccc1. The van der Waals surface area contributed by atoms with Crippen LogP contribution in [0.4, 0.5) is 0 Å². The summed E-state index contributed by atoms with van der Waals surface area (Å²) in [6.45, 7) is 0. The highest BCUT2D eigenvalue weighted by atomic mass is 16.5. The van der Waals surface area contributed by atoms with E-state index in [1.165, 1.54) is 0 Å². The molecule has 1 aliphatic heterocycles. The van der Waals surface area contributed by atoms with Crippen LogP contribution in [-0.4, -0.2) is 24.7 Å². The normalized spacial score (nSPS) is 14.4. The Morgan fingerprint density at radius 1 is 0.763 bits per heavy atom. The number of phenols is 1. The molecule has 6 heteroatoms. The third kappa shape index (κ3) is 3.04. The van der Waals surface area contributed by atoms with Gasteiger partial charge < -0.3 is 9.84 Å². The van der Waals surface area contributed by atoms with Crippen molar-refractivity contribution in [3.63, 3.8) is 0 Å². The predicted octanol–water partition coefficient (Wildman–Crippen LogP) is 7.09. The highest BCUT2D eigenvalue weighted by Gasteiger charge is 2.34. The zero-order chi connectivity index (χ0) is 25.2. The molecule has 0 bridgehead atoms. The summed E-state index contributed by atoms with van der Waals surface area (Å²) in [6.07, 6.45) is 1.63. The molecule has 7 aromatic rings. The van der Waals surface area contributed by atoms with Gasteiger partial charge in [-0.1, -0.05) is 91.0 Å². The van der Waals surface area contributed by atoms with Crippen molar-refractivity contribution in [3.05, 3.63) is 126 Å². The second-order valence-electron chi connectivity index (χ2n) is 9.53. The van der Waals surface area contributed by atoms with E-state index in [9.17, 15) is 5.11 Å². The molecule has 0 saturated carbocycles. The van der Waals surface area contributed by atoms with Crippen molar-refractivity contribution in [2.45, 2.75) is 5.92 Å². The molecule has 0 amide bonds. The van der Waals surface area contributed by atoms with Crippen molar-refractivity contribution in [2.75, 3.05) is 0 Å². The van der Waals surface area contributed by atoms with Crippen LogP contribution in [0, 0.1) is 0 Å². The molecular weight excluding hydrogens is 472 g/mol. The van der Waals surface area contributed by atoms with E-state index in [4.69, 9.17) is 14.8 Å². The Morgan fingerprint density at radius 3 is 2.34 bits per heavy atom. The van der Waals surface area contributed by atoms with E-state index in [0.717, 1.165) is 44.0 Å². The molecule has 0 radical (unpaired) electrons. The Labute approximate surface area is 217 Å². The summed E-state index contributed by atoms with van der Waals surface area (Å²) in [5, 5.41) is 19.7. The first-order valence-electron chi connectivity index (χ1n) is 12.5. The molecule has 1 aliphatic rings. The van der Waals surface area contributed by atoms with Gasteiger partial charge in [-0.2, -0.15) is 0 Å². The Hall–Kier alpha value is -5.23. The van der Waals surface area contributed by atoms with Crippen molar-refractivity contribution in [3.8, 4) is 28.8 Å². The minimum absolute atomic E-state index is 0.133. The number of aromatic hydroxyl groups is 1. The number of hydrogen-bond acceptors (Lipinski definition) is 5. The molecule has 5 aromatic carbocycles. The van der Waals surface area contributed by atoms with Crippen molar-refractivity contribution in [2.24, 2.45) is 0 Å². The molecular formula is C32H20N4O2. The number of hydrogen-bond donors (Lipinski definition) is 1. The van der Waals surface area contributed by atoms with Gasteiger partial charge in [-0.15, -0.1) is 5.10 Å². The molecule has 0 aliphatic carbocycles. The van der Waals surface area contributed by atoms with E-state index in [1.54, 1.807) is 16.9 Å². The first kappa shape index (κ1) is 20.9. The van der Waals surface area contributed by atoms with Gasteiger partial charge in [-0.3, -0.25) is 0 Å². The Morgan fingerprint density at radius 2 is 1.50 bits per heavy atom. The summed E-state index contributed by atoms with van der Waals surface area (Å²) in [4.78, 5) is 9.63. The summed E-state index contributed by atoms with van der Waals surface area (Å²) >= 11 is 0. The molecule has 1 N–H and O–H groups in total.